The average molecular weight is 920 g/mol. The number of carbonyl (C=O) groups is 1. The molecule has 0 aromatic heterocycles. The van der Waals surface area contributed by atoms with Crippen LogP contribution in [-0.4, -0.2) is 195 Å². The molecule has 1 amide bonds. The zero-order valence-corrected chi connectivity index (χ0v) is 39.8. The number of aliphatic hydroxyl groups is 7. The van der Waals surface area contributed by atoms with E-state index in [9.17, 15) is 66.5 Å². The minimum atomic E-state index is -5.33. The molecule has 23 nitrogen and oxygen atoms in total. The van der Waals surface area contributed by atoms with Crippen molar-refractivity contribution in [2.75, 3.05) is 66.1 Å². The van der Waals surface area contributed by atoms with Crippen LogP contribution in [0, 0.1) is 10.8 Å². The van der Waals surface area contributed by atoms with Gasteiger partial charge in [0.05, 0.1) is 76.4 Å². The second-order valence-corrected chi connectivity index (χ2v) is 16.6. The van der Waals surface area contributed by atoms with E-state index in [1.807, 2.05) is 0 Å². The maximum Gasteiger partial charge on any atom is 1.00 e. The molecule has 0 bridgehead atoms. The monoisotopic (exact) mass is 919 g/mol. The fourth-order valence-electron chi connectivity index (χ4n) is 5.90. The van der Waals surface area contributed by atoms with E-state index in [1.165, 1.54) is 6.92 Å². The van der Waals surface area contributed by atoms with Gasteiger partial charge < -0.3 is 78.6 Å². The van der Waals surface area contributed by atoms with Gasteiger partial charge in [0.1, 0.15) is 42.7 Å². The molecule has 2 heterocycles. The van der Waals surface area contributed by atoms with E-state index in [0.717, 1.165) is 39.0 Å². The third kappa shape index (κ3) is 20.2. The van der Waals surface area contributed by atoms with Crippen molar-refractivity contribution >= 4 is 26.7 Å². The van der Waals surface area contributed by atoms with Gasteiger partial charge in [-0.25, -0.2) is 16.8 Å². The average Bonchev–Trinajstić information content (AvgIpc) is 3.15. The van der Waals surface area contributed by atoms with Crippen LogP contribution in [0.15, 0.2) is 0 Å². The Hall–Kier alpha value is 0.690. The van der Waals surface area contributed by atoms with Crippen molar-refractivity contribution in [2.24, 2.45) is 10.8 Å². The van der Waals surface area contributed by atoms with Crippen molar-refractivity contribution in [1.29, 1.82) is 0 Å². The first-order valence-electron chi connectivity index (χ1n) is 18.4. The Morgan fingerprint density at radius 3 is 1.75 bits per heavy atom. The number of ether oxygens (including phenoxy) is 6. The first kappa shape index (κ1) is 59.7. The number of unbranched alkanes of at least 4 members (excludes halogenated alkanes) is 5. The summed E-state index contributed by atoms with van der Waals surface area (Å²) in [7, 11) is -10.6. The van der Waals surface area contributed by atoms with Gasteiger partial charge >= 0.3 is 59.1 Å². The van der Waals surface area contributed by atoms with E-state index in [0.29, 0.717) is 6.42 Å². The van der Waals surface area contributed by atoms with E-state index < -0.39 is 158 Å². The number of carbonyl (C=O) groups excluding carboxylic acids is 1. The van der Waals surface area contributed by atoms with Crippen molar-refractivity contribution in [3.05, 3.63) is 0 Å². The zero-order valence-electron chi connectivity index (χ0n) is 34.2. The smallest absolute Gasteiger partial charge is 0.726 e. The van der Waals surface area contributed by atoms with Crippen LogP contribution in [-0.2, 0) is 62.4 Å². The summed E-state index contributed by atoms with van der Waals surface area (Å²) in [5, 5.41) is 74.8. The predicted octanol–water partition coefficient (Wildman–Crippen LogP) is -9.89. The molecular weight excluding hydrogens is 860 g/mol. The summed E-state index contributed by atoms with van der Waals surface area (Å²) in [6.07, 6.45) is -8.77. The number of rotatable bonds is 28. The number of amides is 1. The molecule has 0 spiro atoms. The van der Waals surface area contributed by atoms with Crippen molar-refractivity contribution in [2.45, 2.75) is 121 Å². The SMILES string of the molecule is CCCCCCCCOC1OC(COCC(CO)(CO)COS(=O)(=O)[O-])C(OCC(CO)(CO)COS(=O)(=O)[O-])C(OC2OC(C)C(O)C(O)C2O)C1NC(C)=O.[Na+].[Na+]. The third-order valence-electron chi connectivity index (χ3n) is 9.53. The van der Waals surface area contributed by atoms with Crippen LogP contribution in [0.5, 0.6) is 0 Å². The maximum absolute atomic E-state index is 12.7. The molecular formula is C32H59NNa2O22S2. The second kappa shape index (κ2) is 28.6. The van der Waals surface area contributed by atoms with Gasteiger partial charge in [0, 0.05) is 13.5 Å². The summed E-state index contributed by atoms with van der Waals surface area (Å²) in [4.78, 5) is 12.7. The van der Waals surface area contributed by atoms with E-state index in [4.69, 9.17) is 28.4 Å². The van der Waals surface area contributed by atoms with Gasteiger partial charge in [-0.05, 0) is 13.3 Å². The second-order valence-electron chi connectivity index (χ2n) is 14.5. The van der Waals surface area contributed by atoms with Crippen LogP contribution in [0.25, 0.3) is 0 Å². The zero-order chi connectivity index (χ0) is 43.0. The van der Waals surface area contributed by atoms with E-state index in [2.05, 4.69) is 20.6 Å². The number of hydrogen-bond acceptors (Lipinski definition) is 22. The maximum atomic E-state index is 12.7. The van der Waals surface area contributed by atoms with Crippen molar-refractivity contribution in [3.63, 3.8) is 0 Å². The van der Waals surface area contributed by atoms with Gasteiger partial charge in [0.2, 0.25) is 26.7 Å². The first-order chi connectivity index (χ1) is 26.7. The number of aliphatic hydroxyl groups excluding tert-OH is 7. The van der Waals surface area contributed by atoms with E-state index in [1.54, 1.807) is 0 Å². The van der Waals surface area contributed by atoms with Crippen molar-refractivity contribution < 1.29 is 162 Å². The normalized spacial score (nSPS) is 28.1. The summed E-state index contributed by atoms with van der Waals surface area (Å²) < 4.78 is 112. The largest absolute Gasteiger partial charge is 1.00 e. The Kier molecular flexibility index (Phi) is 28.9. The fourth-order valence-corrected chi connectivity index (χ4v) is 6.69. The topological polar surface area (TPSA) is 359 Å². The van der Waals surface area contributed by atoms with Gasteiger partial charge in [-0.15, -0.1) is 0 Å². The molecule has 8 N–H and O–H groups in total. The predicted molar refractivity (Wildman–Crippen MR) is 188 cm³/mol. The van der Waals surface area contributed by atoms with E-state index >= 15 is 0 Å². The van der Waals surface area contributed by atoms with E-state index in [-0.39, 0.29) is 65.7 Å². The number of hydrogen-bond donors (Lipinski definition) is 8. The van der Waals surface area contributed by atoms with Crippen LogP contribution in [0.2, 0.25) is 0 Å². The van der Waals surface area contributed by atoms with Crippen LogP contribution in [0.3, 0.4) is 0 Å². The Morgan fingerprint density at radius 2 is 1.24 bits per heavy atom. The molecule has 2 fully saturated rings. The van der Waals surface area contributed by atoms with Crippen LogP contribution >= 0.6 is 0 Å². The van der Waals surface area contributed by atoms with Gasteiger partial charge in [0.15, 0.2) is 12.6 Å². The molecule has 0 saturated carbocycles. The molecule has 0 aromatic carbocycles. The minimum absolute atomic E-state index is 0. The van der Waals surface area contributed by atoms with Gasteiger partial charge in [-0.1, -0.05) is 39.0 Å². The Balaban J connectivity index is 0.0000168. The van der Waals surface area contributed by atoms with Crippen LogP contribution in [0.1, 0.15) is 59.3 Å². The first-order valence-corrected chi connectivity index (χ1v) is 21.1. The number of nitrogens with one attached hydrogen (secondary N) is 1. The van der Waals surface area contributed by atoms with Gasteiger partial charge in [-0.3, -0.25) is 13.2 Å². The molecule has 338 valence electrons. The molecule has 0 aromatic rings. The quantitative estimate of drug-likeness (QED) is 0.0156. The Bertz CT molecular complexity index is 1390. The molecule has 0 aliphatic carbocycles. The summed E-state index contributed by atoms with van der Waals surface area (Å²) in [5.41, 5.74) is -3.84. The summed E-state index contributed by atoms with van der Waals surface area (Å²) in [6, 6.07) is -1.35. The summed E-state index contributed by atoms with van der Waals surface area (Å²) in [6.45, 7) is -3.39. The third-order valence-corrected chi connectivity index (χ3v) is 10.3. The van der Waals surface area contributed by atoms with Crippen molar-refractivity contribution in [1.82, 2.24) is 5.32 Å². The van der Waals surface area contributed by atoms with Gasteiger partial charge in [0.25, 0.3) is 0 Å². The molecule has 27 heteroatoms. The molecule has 2 aliphatic rings. The Labute approximate surface area is 389 Å². The summed E-state index contributed by atoms with van der Waals surface area (Å²) in [5.74, 6) is -0.647. The Morgan fingerprint density at radius 1 is 0.712 bits per heavy atom. The molecule has 2 rings (SSSR count). The summed E-state index contributed by atoms with van der Waals surface area (Å²) >= 11 is 0. The molecule has 2 saturated heterocycles. The molecule has 10 unspecified atom stereocenters. The van der Waals surface area contributed by atoms with Crippen molar-refractivity contribution in [3.8, 4) is 0 Å². The van der Waals surface area contributed by atoms with Crippen LogP contribution < -0.4 is 64.4 Å². The molecule has 59 heavy (non-hydrogen) atoms. The van der Waals surface area contributed by atoms with Crippen LogP contribution in [0.4, 0.5) is 0 Å². The van der Waals surface area contributed by atoms with Gasteiger partial charge in [-0.2, -0.15) is 0 Å². The fraction of sp³-hybridized carbons (Fsp3) is 0.969. The molecule has 2 aliphatic heterocycles. The molecule has 0 radical (unpaired) electrons. The minimum Gasteiger partial charge on any atom is -0.726 e. The standard InChI is InChI=1S/C32H61NO22S2.2Na/c1-4-5-6-7-8-9-10-49-29-23(33-21(3)38)28(55-30-26(41)25(40)24(39)20(2)53-30)27(50-17-32(14-36,15-37)19-52-57(45,46)47)22(54-29)11-48-16-31(12-34,13-35)18-51-56(42,43)44;;/h20,22-30,34-37,39-41H,4-19H2,1-3H3,(H,33,38)(H,42,43,44)(H,45,46,47);;/q;2*+1/p-2. The molecule has 10 atom stereocenters.